The highest BCUT2D eigenvalue weighted by molar-refractivity contribution is 5.47. The van der Waals surface area contributed by atoms with Crippen LogP contribution in [-0.4, -0.2) is 32.7 Å². The molecule has 3 atom stereocenters. The summed E-state index contributed by atoms with van der Waals surface area (Å²) < 4.78 is 13.8. The predicted molar refractivity (Wildman–Crippen MR) is 83.0 cm³/mol. The number of nitrogens with zero attached hydrogens (tertiary/aromatic N) is 1. The van der Waals surface area contributed by atoms with Crippen molar-refractivity contribution in [3.8, 4) is 0 Å². The average molecular weight is 287 g/mol. The largest absolute Gasteiger partial charge is 0.358 e. The number of allylic oxidation sites excluding steroid dienone is 2. The number of benzene rings is 1. The van der Waals surface area contributed by atoms with Crippen molar-refractivity contribution in [2.45, 2.75) is 12.8 Å². The van der Waals surface area contributed by atoms with Gasteiger partial charge in [-0.15, -0.1) is 0 Å². The zero-order valence-corrected chi connectivity index (χ0v) is 12.5. The molecule has 1 saturated carbocycles. The number of rotatable bonds is 3. The number of nitrogens with one attached hydrogen (secondary N) is 1. The van der Waals surface area contributed by atoms with Crippen LogP contribution in [0, 0.1) is 23.6 Å². The molecule has 0 radical (unpaired) electrons. The fourth-order valence-corrected chi connectivity index (χ4v) is 4.48. The smallest absolute Gasteiger partial charge is 0.146 e. The van der Waals surface area contributed by atoms with Gasteiger partial charge in [-0.3, -0.25) is 0 Å². The van der Waals surface area contributed by atoms with Crippen LogP contribution in [0.4, 0.5) is 10.1 Å². The topological polar surface area (TPSA) is 7.68 Å². The van der Waals surface area contributed by atoms with Gasteiger partial charge < -0.3 is 9.80 Å². The first-order valence-corrected chi connectivity index (χ1v) is 8.31. The van der Waals surface area contributed by atoms with Crippen LogP contribution in [0.5, 0.6) is 0 Å². The fourth-order valence-electron chi connectivity index (χ4n) is 4.48. The maximum absolute atomic E-state index is 13.8. The Morgan fingerprint density at radius 2 is 1.90 bits per heavy atom. The summed E-state index contributed by atoms with van der Waals surface area (Å²) in [6.45, 7) is 5.56. The highest BCUT2D eigenvalue weighted by atomic mass is 19.1. The second kappa shape index (κ2) is 5.45. The molecular formula is C18H24FN2+. The molecule has 0 spiro atoms. The van der Waals surface area contributed by atoms with Gasteiger partial charge in [-0.2, -0.15) is 0 Å². The van der Waals surface area contributed by atoms with Crippen LogP contribution in [0.15, 0.2) is 36.4 Å². The molecule has 1 N–H and O–H groups in total. The van der Waals surface area contributed by atoms with Crippen LogP contribution in [0.25, 0.3) is 0 Å². The number of hydrogen-bond acceptors (Lipinski definition) is 1. The van der Waals surface area contributed by atoms with Crippen molar-refractivity contribution < 1.29 is 9.29 Å². The Hall–Kier alpha value is -1.35. The Bertz CT molecular complexity index is 534. The van der Waals surface area contributed by atoms with Gasteiger partial charge in [0.1, 0.15) is 5.82 Å². The van der Waals surface area contributed by atoms with Gasteiger partial charge >= 0.3 is 0 Å². The van der Waals surface area contributed by atoms with Gasteiger partial charge in [-0.25, -0.2) is 4.39 Å². The van der Waals surface area contributed by atoms with Crippen molar-refractivity contribution in [1.82, 2.24) is 0 Å². The lowest BCUT2D eigenvalue weighted by molar-refractivity contribution is -0.904. The average Bonchev–Trinajstić information content (AvgIpc) is 3.11. The van der Waals surface area contributed by atoms with E-state index in [1.807, 2.05) is 12.1 Å². The Balaban J connectivity index is 1.33. The van der Waals surface area contributed by atoms with Gasteiger partial charge in [0.25, 0.3) is 0 Å². The lowest BCUT2D eigenvalue weighted by Crippen LogP contribution is -3.15. The number of para-hydroxylation sites is 1. The summed E-state index contributed by atoms with van der Waals surface area (Å²) in [5, 5.41) is 0. The summed E-state index contributed by atoms with van der Waals surface area (Å²) in [7, 11) is 0. The molecule has 0 amide bonds. The SMILES string of the molecule is Fc1ccccc1N1CC[NH+](C[C@H]2C[C@H]3C=C[C@H]2C3)CC1. The molecule has 3 heteroatoms. The Morgan fingerprint density at radius 3 is 2.57 bits per heavy atom. The standard InChI is InChI=1S/C18H23FN2/c19-17-3-1-2-4-18(17)21-9-7-20(8-10-21)13-16-12-14-5-6-15(16)11-14/h1-6,14-16H,7-13H2/p+1/t14-,15-,16+/m0/s1. The molecule has 0 unspecified atom stereocenters. The lowest BCUT2D eigenvalue weighted by atomic mass is 9.93. The fraction of sp³-hybridized carbons (Fsp3) is 0.556. The first kappa shape index (κ1) is 13.3. The summed E-state index contributed by atoms with van der Waals surface area (Å²) in [6.07, 6.45) is 7.68. The van der Waals surface area contributed by atoms with E-state index in [4.69, 9.17) is 0 Å². The van der Waals surface area contributed by atoms with Crippen LogP contribution < -0.4 is 9.80 Å². The van der Waals surface area contributed by atoms with E-state index in [2.05, 4.69) is 17.1 Å². The molecule has 2 nitrogen and oxygen atoms in total. The Kier molecular flexibility index (Phi) is 3.46. The molecule has 4 rings (SSSR count). The molecule has 1 aliphatic heterocycles. The number of hydrogen-bond donors (Lipinski definition) is 1. The van der Waals surface area contributed by atoms with Gasteiger partial charge in [0, 0.05) is 5.92 Å². The van der Waals surface area contributed by atoms with Crippen molar-refractivity contribution in [2.75, 3.05) is 37.6 Å². The van der Waals surface area contributed by atoms with Gasteiger partial charge in [0.2, 0.25) is 0 Å². The van der Waals surface area contributed by atoms with E-state index >= 15 is 0 Å². The molecule has 1 aromatic rings. The number of piperazine rings is 1. The lowest BCUT2D eigenvalue weighted by Gasteiger charge is -2.35. The zero-order chi connectivity index (χ0) is 14.2. The molecule has 1 heterocycles. The minimum Gasteiger partial charge on any atom is -0.358 e. The van der Waals surface area contributed by atoms with Gasteiger partial charge in [-0.05, 0) is 36.8 Å². The minimum absolute atomic E-state index is 0.0841. The quantitative estimate of drug-likeness (QED) is 0.832. The first-order chi connectivity index (χ1) is 10.3. The van der Waals surface area contributed by atoms with Crippen molar-refractivity contribution in [3.63, 3.8) is 0 Å². The maximum atomic E-state index is 13.8. The summed E-state index contributed by atoms with van der Waals surface area (Å²) in [6, 6.07) is 7.17. The van der Waals surface area contributed by atoms with E-state index in [-0.39, 0.29) is 5.82 Å². The molecule has 0 aromatic heterocycles. The zero-order valence-electron chi connectivity index (χ0n) is 12.5. The molecule has 1 aromatic carbocycles. The molecule has 112 valence electrons. The molecule has 1 saturated heterocycles. The first-order valence-electron chi connectivity index (χ1n) is 8.31. The molecule has 21 heavy (non-hydrogen) atoms. The van der Waals surface area contributed by atoms with Gasteiger partial charge in [0.05, 0.1) is 38.4 Å². The summed E-state index contributed by atoms with van der Waals surface area (Å²) >= 11 is 0. The van der Waals surface area contributed by atoms with E-state index in [0.717, 1.165) is 49.6 Å². The van der Waals surface area contributed by atoms with Crippen molar-refractivity contribution in [2.24, 2.45) is 17.8 Å². The Morgan fingerprint density at radius 1 is 1.10 bits per heavy atom. The number of quaternary nitrogens is 1. The van der Waals surface area contributed by atoms with E-state index in [1.165, 1.54) is 19.4 Å². The molecule has 3 aliphatic rings. The van der Waals surface area contributed by atoms with E-state index in [0.29, 0.717) is 0 Å². The van der Waals surface area contributed by atoms with Crippen LogP contribution in [0.1, 0.15) is 12.8 Å². The highest BCUT2D eigenvalue weighted by Gasteiger charge is 2.38. The number of anilines is 1. The third-order valence-corrected chi connectivity index (χ3v) is 5.63. The molecule has 2 aliphatic carbocycles. The number of halogens is 1. The van der Waals surface area contributed by atoms with E-state index < -0.39 is 0 Å². The van der Waals surface area contributed by atoms with Crippen molar-refractivity contribution in [3.05, 3.63) is 42.2 Å². The van der Waals surface area contributed by atoms with Crippen molar-refractivity contribution >= 4 is 5.69 Å². The van der Waals surface area contributed by atoms with Crippen LogP contribution in [0.2, 0.25) is 0 Å². The summed E-state index contributed by atoms with van der Waals surface area (Å²) in [5.74, 6) is 2.54. The molecule has 2 bridgehead atoms. The number of fused-ring (bicyclic) bond motifs is 2. The molecule has 2 fully saturated rings. The highest BCUT2D eigenvalue weighted by Crippen LogP contribution is 2.42. The second-order valence-corrected chi connectivity index (χ2v) is 6.93. The predicted octanol–water partition coefficient (Wildman–Crippen LogP) is 1.74. The minimum atomic E-state index is -0.0841. The third-order valence-electron chi connectivity index (χ3n) is 5.63. The summed E-state index contributed by atoms with van der Waals surface area (Å²) in [4.78, 5) is 3.92. The van der Waals surface area contributed by atoms with Gasteiger partial charge in [-0.1, -0.05) is 24.3 Å². The molecular weight excluding hydrogens is 263 g/mol. The van der Waals surface area contributed by atoms with E-state index in [1.54, 1.807) is 17.0 Å². The van der Waals surface area contributed by atoms with Crippen LogP contribution in [0.3, 0.4) is 0 Å². The Labute approximate surface area is 126 Å². The van der Waals surface area contributed by atoms with Crippen molar-refractivity contribution in [1.29, 1.82) is 0 Å². The van der Waals surface area contributed by atoms with Crippen LogP contribution in [-0.2, 0) is 0 Å². The normalized spacial score (nSPS) is 32.0. The maximum Gasteiger partial charge on any atom is 0.146 e. The monoisotopic (exact) mass is 287 g/mol. The van der Waals surface area contributed by atoms with Gasteiger partial charge in [0.15, 0.2) is 0 Å². The summed E-state index contributed by atoms with van der Waals surface area (Å²) in [5.41, 5.74) is 0.777. The third kappa shape index (κ3) is 2.59. The van der Waals surface area contributed by atoms with Crippen LogP contribution >= 0.6 is 0 Å². The van der Waals surface area contributed by atoms with E-state index in [9.17, 15) is 4.39 Å². The second-order valence-electron chi connectivity index (χ2n) is 6.93.